The zero-order valence-corrected chi connectivity index (χ0v) is 9.18. The van der Waals surface area contributed by atoms with Crippen molar-refractivity contribution in [3.05, 3.63) is 0 Å². The van der Waals surface area contributed by atoms with Crippen molar-refractivity contribution in [3.63, 3.8) is 0 Å². The summed E-state index contributed by atoms with van der Waals surface area (Å²) in [7, 11) is -3.20. The Morgan fingerprint density at radius 1 is 1.36 bits per heavy atom. The second-order valence-corrected chi connectivity index (χ2v) is 7.58. The molecule has 2 saturated carbocycles. The van der Waals surface area contributed by atoms with Crippen molar-refractivity contribution in [2.24, 2.45) is 5.73 Å². The minimum absolute atomic E-state index is 0.0370. The summed E-state index contributed by atoms with van der Waals surface area (Å²) in [4.78, 5) is 0. The van der Waals surface area contributed by atoms with Gasteiger partial charge in [0.2, 0.25) is 0 Å². The predicted octanol–water partition coefficient (Wildman–Crippen LogP) is -0.194. The Bertz CT molecular complexity index is 341. The van der Waals surface area contributed by atoms with Gasteiger partial charge in [0.25, 0.3) is 0 Å². The Balaban J connectivity index is 2.31. The summed E-state index contributed by atoms with van der Waals surface area (Å²) in [6, 6.07) is 0. The summed E-state index contributed by atoms with van der Waals surface area (Å²) in [6.07, 6.45) is 1.72. The van der Waals surface area contributed by atoms with Gasteiger partial charge >= 0.3 is 0 Å². The van der Waals surface area contributed by atoms with Crippen LogP contribution in [0.1, 0.15) is 32.6 Å². The highest BCUT2D eigenvalue weighted by Crippen LogP contribution is 2.57. The van der Waals surface area contributed by atoms with Gasteiger partial charge in [-0.05, 0) is 32.6 Å². The number of hydrogen-bond acceptors (Lipinski definition) is 4. The fraction of sp³-hybridized carbons (Fsp3) is 1.00. The highest BCUT2D eigenvalue weighted by molar-refractivity contribution is 7.94. The molecule has 2 aliphatic carbocycles. The van der Waals surface area contributed by atoms with Crippen molar-refractivity contribution in [2.45, 2.75) is 48.2 Å². The monoisotopic (exact) mass is 219 g/mol. The number of sulfone groups is 1. The zero-order valence-electron chi connectivity index (χ0n) is 8.36. The van der Waals surface area contributed by atoms with E-state index >= 15 is 0 Å². The molecule has 0 radical (unpaired) electrons. The van der Waals surface area contributed by atoms with Crippen molar-refractivity contribution in [3.8, 4) is 0 Å². The lowest BCUT2D eigenvalue weighted by atomic mass is 10.2. The molecule has 0 spiro atoms. The molecule has 0 aromatic carbocycles. The van der Waals surface area contributed by atoms with E-state index in [0.29, 0.717) is 12.8 Å². The van der Waals surface area contributed by atoms with Gasteiger partial charge in [-0.3, -0.25) is 0 Å². The Morgan fingerprint density at radius 2 is 1.86 bits per heavy atom. The molecule has 0 bridgehead atoms. The standard InChI is InChI=1S/C9H17NO3S/c1-8(2-3-8)14(12,13)9(4-5-9)7(11)6-10/h7,11H,2-6,10H2,1H3. The first kappa shape index (κ1) is 10.4. The summed E-state index contributed by atoms with van der Waals surface area (Å²) < 4.78 is 22.9. The van der Waals surface area contributed by atoms with Gasteiger partial charge in [0.05, 0.1) is 15.6 Å². The molecule has 0 saturated heterocycles. The lowest BCUT2D eigenvalue weighted by Crippen LogP contribution is -2.45. The van der Waals surface area contributed by atoms with Gasteiger partial charge in [-0.15, -0.1) is 0 Å². The van der Waals surface area contributed by atoms with Crippen LogP contribution >= 0.6 is 0 Å². The molecule has 5 heteroatoms. The fourth-order valence-electron chi connectivity index (χ4n) is 2.05. The van der Waals surface area contributed by atoms with Gasteiger partial charge in [0.1, 0.15) is 0 Å². The van der Waals surface area contributed by atoms with Crippen LogP contribution in [-0.4, -0.2) is 35.7 Å². The third kappa shape index (κ3) is 1.09. The zero-order chi connectivity index (χ0) is 10.6. The fourth-order valence-corrected chi connectivity index (χ4v) is 4.77. The van der Waals surface area contributed by atoms with Gasteiger partial charge in [0, 0.05) is 6.54 Å². The number of hydrogen-bond donors (Lipinski definition) is 2. The Hall–Kier alpha value is -0.130. The van der Waals surface area contributed by atoms with Gasteiger partial charge in [-0.1, -0.05) is 0 Å². The maximum atomic E-state index is 12.2. The van der Waals surface area contributed by atoms with E-state index in [4.69, 9.17) is 5.73 Å². The molecule has 14 heavy (non-hydrogen) atoms. The molecule has 0 aromatic heterocycles. The number of rotatable bonds is 4. The van der Waals surface area contributed by atoms with Gasteiger partial charge in [-0.25, -0.2) is 8.42 Å². The second-order valence-electron chi connectivity index (χ2n) is 4.77. The molecule has 2 fully saturated rings. The Labute approximate surface area is 84.4 Å². The van der Waals surface area contributed by atoms with Crippen LogP contribution < -0.4 is 5.73 Å². The van der Waals surface area contributed by atoms with E-state index in [1.165, 1.54) is 0 Å². The quantitative estimate of drug-likeness (QED) is 0.686. The summed E-state index contributed by atoms with van der Waals surface area (Å²) in [6.45, 7) is 1.81. The first-order valence-corrected chi connectivity index (χ1v) is 6.50. The normalized spacial score (nSPS) is 29.6. The highest BCUT2D eigenvalue weighted by atomic mass is 32.2. The molecule has 2 rings (SSSR count). The minimum atomic E-state index is -3.20. The minimum Gasteiger partial charge on any atom is -0.390 e. The lowest BCUT2D eigenvalue weighted by molar-refractivity contribution is 0.168. The SMILES string of the molecule is CC1(S(=O)(=O)C2(C(O)CN)CC2)CC1. The van der Waals surface area contributed by atoms with Crippen LogP contribution in [0.2, 0.25) is 0 Å². The van der Waals surface area contributed by atoms with Crippen LogP contribution in [0.15, 0.2) is 0 Å². The summed E-state index contributed by atoms with van der Waals surface area (Å²) in [5.41, 5.74) is 5.34. The average Bonchev–Trinajstić information content (AvgIpc) is 2.96. The largest absolute Gasteiger partial charge is 0.390 e. The van der Waals surface area contributed by atoms with Crippen LogP contribution in [0.3, 0.4) is 0 Å². The third-order valence-electron chi connectivity index (χ3n) is 3.71. The molecule has 1 unspecified atom stereocenters. The second kappa shape index (κ2) is 2.71. The van der Waals surface area contributed by atoms with E-state index in [-0.39, 0.29) is 6.54 Å². The highest BCUT2D eigenvalue weighted by Gasteiger charge is 2.67. The van der Waals surface area contributed by atoms with Gasteiger partial charge in [0.15, 0.2) is 9.84 Å². The van der Waals surface area contributed by atoms with E-state index in [1.54, 1.807) is 6.92 Å². The maximum absolute atomic E-state index is 12.2. The van der Waals surface area contributed by atoms with E-state index in [0.717, 1.165) is 12.8 Å². The van der Waals surface area contributed by atoms with Crippen LogP contribution in [0, 0.1) is 0 Å². The van der Waals surface area contributed by atoms with E-state index in [9.17, 15) is 13.5 Å². The van der Waals surface area contributed by atoms with Crippen LogP contribution in [-0.2, 0) is 9.84 Å². The molecule has 82 valence electrons. The van der Waals surface area contributed by atoms with E-state index in [1.807, 2.05) is 0 Å². The molecule has 1 atom stereocenters. The lowest BCUT2D eigenvalue weighted by Gasteiger charge is -2.24. The molecular formula is C9H17NO3S. The summed E-state index contributed by atoms with van der Waals surface area (Å²) in [5.74, 6) is 0. The smallest absolute Gasteiger partial charge is 0.164 e. The van der Waals surface area contributed by atoms with Gasteiger partial charge < -0.3 is 10.8 Å². The van der Waals surface area contributed by atoms with Crippen molar-refractivity contribution in [2.75, 3.05) is 6.54 Å². The molecule has 0 amide bonds. The first-order valence-electron chi connectivity index (χ1n) is 5.02. The van der Waals surface area contributed by atoms with Crippen molar-refractivity contribution >= 4 is 9.84 Å². The topological polar surface area (TPSA) is 80.4 Å². The maximum Gasteiger partial charge on any atom is 0.164 e. The van der Waals surface area contributed by atoms with Gasteiger partial charge in [-0.2, -0.15) is 0 Å². The number of aliphatic hydroxyl groups excluding tert-OH is 1. The number of aliphatic hydroxyl groups is 1. The molecule has 2 aliphatic rings. The molecule has 0 heterocycles. The Kier molecular flexibility index (Phi) is 2.01. The first-order chi connectivity index (χ1) is 6.40. The third-order valence-corrected chi connectivity index (χ3v) is 7.17. The van der Waals surface area contributed by atoms with Crippen LogP contribution in [0.5, 0.6) is 0 Å². The van der Waals surface area contributed by atoms with E-state index < -0.39 is 25.4 Å². The molecule has 0 aliphatic heterocycles. The predicted molar refractivity (Wildman–Crippen MR) is 53.6 cm³/mol. The summed E-state index contributed by atoms with van der Waals surface area (Å²) >= 11 is 0. The molecule has 0 aromatic rings. The van der Waals surface area contributed by atoms with E-state index in [2.05, 4.69) is 0 Å². The number of nitrogens with two attached hydrogens (primary N) is 1. The molecule has 4 nitrogen and oxygen atoms in total. The average molecular weight is 219 g/mol. The molecular weight excluding hydrogens is 202 g/mol. The summed E-state index contributed by atoms with van der Waals surface area (Å²) in [5, 5.41) is 9.67. The molecule has 3 N–H and O–H groups in total. The Morgan fingerprint density at radius 3 is 2.14 bits per heavy atom. The van der Waals surface area contributed by atoms with Crippen LogP contribution in [0.4, 0.5) is 0 Å². The van der Waals surface area contributed by atoms with Crippen molar-refractivity contribution < 1.29 is 13.5 Å². The van der Waals surface area contributed by atoms with Crippen molar-refractivity contribution in [1.82, 2.24) is 0 Å². The van der Waals surface area contributed by atoms with Crippen LogP contribution in [0.25, 0.3) is 0 Å². The van der Waals surface area contributed by atoms with Crippen molar-refractivity contribution in [1.29, 1.82) is 0 Å².